The van der Waals surface area contributed by atoms with E-state index in [1.807, 2.05) is 24.4 Å². The van der Waals surface area contributed by atoms with E-state index in [4.69, 9.17) is 0 Å². The summed E-state index contributed by atoms with van der Waals surface area (Å²) in [6, 6.07) is 2.70. The van der Waals surface area contributed by atoms with Gasteiger partial charge in [-0.2, -0.15) is 0 Å². The Morgan fingerprint density at radius 2 is 1.94 bits per heavy atom. The summed E-state index contributed by atoms with van der Waals surface area (Å²) < 4.78 is 1.90. The number of aryl methyl sites for hydroxylation is 2. The van der Waals surface area contributed by atoms with Crippen molar-refractivity contribution >= 4 is 29.0 Å². The van der Waals surface area contributed by atoms with Gasteiger partial charge in [0.15, 0.2) is 11.5 Å². The number of hydrogen-bond acceptors (Lipinski definition) is 6. The van der Waals surface area contributed by atoms with E-state index in [0.29, 0.717) is 24.4 Å². The van der Waals surface area contributed by atoms with E-state index in [1.165, 1.54) is 5.69 Å². The fourth-order valence-electron chi connectivity index (χ4n) is 4.80. The van der Waals surface area contributed by atoms with Crippen molar-refractivity contribution in [2.75, 3.05) is 34.8 Å². The van der Waals surface area contributed by atoms with Crippen molar-refractivity contribution in [1.29, 1.82) is 0 Å². The number of pyridine rings is 1. The van der Waals surface area contributed by atoms with Crippen molar-refractivity contribution in [2.45, 2.75) is 46.2 Å². The number of nitrogens with zero attached hydrogens (tertiary/aromatic N) is 6. The molecule has 9 heteroatoms. The average Bonchev–Trinajstić information content (AvgIpc) is 3.30. The largest absolute Gasteiger partial charge is 0.368 e. The third-order valence-corrected chi connectivity index (χ3v) is 5.95. The Morgan fingerprint density at radius 3 is 2.71 bits per heavy atom. The van der Waals surface area contributed by atoms with Crippen LogP contribution >= 0.6 is 0 Å². The maximum Gasteiger partial charge on any atom is 0.328 e. The van der Waals surface area contributed by atoms with Gasteiger partial charge in [0.25, 0.3) is 0 Å². The number of aromatic nitrogens is 4. The number of urea groups is 1. The highest BCUT2D eigenvalue weighted by molar-refractivity contribution is 6.02. The predicted molar refractivity (Wildman–Crippen MR) is 121 cm³/mol. The van der Waals surface area contributed by atoms with E-state index in [2.05, 4.69) is 50.4 Å². The van der Waals surface area contributed by atoms with E-state index in [0.717, 1.165) is 47.9 Å². The molecule has 9 nitrogen and oxygen atoms in total. The maximum atomic E-state index is 13.1. The van der Waals surface area contributed by atoms with E-state index in [1.54, 1.807) is 17.3 Å². The molecule has 2 N–H and O–H groups in total. The molecule has 1 saturated heterocycles. The van der Waals surface area contributed by atoms with Gasteiger partial charge in [-0.3, -0.25) is 10.2 Å². The second-order valence-electron chi connectivity index (χ2n) is 8.66. The number of piperazine rings is 1. The van der Waals surface area contributed by atoms with E-state index in [-0.39, 0.29) is 6.03 Å². The van der Waals surface area contributed by atoms with Gasteiger partial charge in [-0.25, -0.2) is 19.7 Å². The Bertz CT molecular complexity index is 1150. The predicted octanol–water partition coefficient (Wildman–Crippen LogP) is 2.52. The monoisotopic (exact) mass is 420 g/mol. The molecule has 0 radical (unpaired) electrons. The van der Waals surface area contributed by atoms with Gasteiger partial charge >= 0.3 is 6.03 Å². The van der Waals surface area contributed by atoms with Gasteiger partial charge in [0.2, 0.25) is 0 Å². The Balaban J connectivity index is 1.39. The Hall–Kier alpha value is -3.20. The van der Waals surface area contributed by atoms with Gasteiger partial charge in [0.05, 0.1) is 17.6 Å². The van der Waals surface area contributed by atoms with Crippen LogP contribution in [0.25, 0.3) is 5.65 Å². The number of fused-ring (bicyclic) bond motifs is 2. The quantitative estimate of drug-likeness (QED) is 0.662. The number of carbonyl (C=O) groups excluding carboxylic acids is 1. The molecule has 3 aromatic heterocycles. The lowest BCUT2D eigenvalue weighted by Gasteiger charge is -2.38. The highest BCUT2D eigenvalue weighted by Gasteiger charge is 2.31. The van der Waals surface area contributed by atoms with Crippen LogP contribution in [0.15, 0.2) is 24.7 Å². The first kappa shape index (κ1) is 19.7. The lowest BCUT2D eigenvalue weighted by Crippen LogP contribution is -2.54. The van der Waals surface area contributed by atoms with E-state index < -0.39 is 0 Å². The Morgan fingerprint density at radius 1 is 1.16 bits per heavy atom. The van der Waals surface area contributed by atoms with E-state index in [9.17, 15) is 4.79 Å². The first-order valence-corrected chi connectivity index (χ1v) is 10.8. The zero-order chi connectivity index (χ0) is 21.7. The molecule has 0 aromatic carbocycles. The molecule has 31 heavy (non-hydrogen) atoms. The SMILES string of the molecule is Cc1cn2cc(NC(=O)N3CCc4c(N5C[C@@H](C)N[C@@H](C)C5)ccnc43)nc(C)c2n1. The van der Waals surface area contributed by atoms with Crippen LogP contribution in [-0.2, 0) is 6.42 Å². The third-order valence-electron chi connectivity index (χ3n) is 5.95. The van der Waals surface area contributed by atoms with Gasteiger partial charge in [0, 0.05) is 55.4 Å². The molecule has 0 saturated carbocycles. The van der Waals surface area contributed by atoms with Crippen LogP contribution in [0.2, 0.25) is 0 Å². The van der Waals surface area contributed by atoms with Crippen LogP contribution in [0.4, 0.5) is 22.1 Å². The van der Waals surface area contributed by atoms with Crippen LogP contribution < -0.4 is 20.4 Å². The zero-order valence-electron chi connectivity index (χ0n) is 18.4. The summed E-state index contributed by atoms with van der Waals surface area (Å²) in [7, 11) is 0. The Kier molecular flexibility index (Phi) is 4.77. The standard InChI is InChI=1S/C22H28N8O/c1-13-9-28(10-14(2)24-13)18-5-7-23-21-17(18)6-8-30(21)22(31)27-19-12-29-11-15(3)25-20(29)16(4)26-19/h5,7,11-14,24H,6,8-10H2,1-4H3,(H,27,31)/t13-,14+. The summed E-state index contributed by atoms with van der Waals surface area (Å²) in [5.74, 6) is 1.24. The van der Waals surface area contributed by atoms with Crippen molar-refractivity contribution < 1.29 is 4.79 Å². The van der Waals surface area contributed by atoms with Gasteiger partial charge in [0.1, 0.15) is 5.82 Å². The second kappa shape index (κ2) is 7.49. The van der Waals surface area contributed by atoms with Crippen LogP contribution in [0, 0.1) is 13.8 Å². The van der Waals surface area contributed by atoms with Crippen LogP contribution in [0.3, 0.4) is 0 Å². The van der Waals surface area contributed by atoms with Gasteiger partial charge in [-0.15, -0.1) is 0 Å². The fraction of sp³-hybridized carbons (Fsp3) is 0.455. The smallest absolute Gasteiger partial charge is 0.328 e. The summed E-state index contributed by atoms with van der Waals surface area (Å²) in [4.78, 5) is 30.8. The van der Waals surface area contributed by atoms with Gasteiger partial charge < -0.3 is 14.6 Å². The normalized spacial score (nSPS) is 20.9. The van der Waals surface area contributed by atoms with Crippen LogP contribution in [-0.4, -0.2) is 57.1 Å². The number of amides is 2. The highest BCUT2D eigenvalue weighted by Crippen LogP contribution is 2.34. The molecule has 1 fully saturated rings. The minimum absolute atomic E-state index is 0.214. The highest BCUT2D eigenvalue weighted by atomic mass is 16.2. The molecule has 0 bridgehead atoms. The molecule has 5 heterocycles. The van der Waals surface area contributed by atoms with Crippen molar-refractivity contribution in [3.05, 3.63) is 41.6 Å². The molecule has 0 unspecified atom stereocenters. The van der Waals surface area contributed by atoms with Crippen molar-refractivity contribution in [2.24, 2.45) is 0 Å². The molecular formula is C22H28N8O. The average molecular weight is 421 g/mol. The summed E-state index contributed by atoms with van der Waals surface area (Å²) in [6.07, 6.45) is 6.32. The number of nitrogens with one attached hydrogen (secondary N) is 2. The number of anilines is 3. The second-order valence-corrected chi connectivity index (χ2v) is 8.66. The van der Waals surface area contributed by atoms with Crippen molar-refractivity contribution in [3.8, 4) is 0 Å². The molecule has 2 atom stereocenters. The molecule has 2 amide bonds. The fourth-order valence-corrected chi connectivity index (χ4v) is 4.80. The lowest BCUT2D eigenvalue weighted by atomic mass is 10.1. The summed E-state index contributed by atoms with van der Waals surface area (Å²) in [5, 5.41) is 6.52. The number of imidazole rings is 1. The molecular weight excluding hydrogens is 392 g/mol. The Labute approximate surface area is 181 Å². The van der Waals surface area contributed by atoms with Crippen LogP contribution in [0.1, 0.15) is 30.8 Å². The zero-order valence-corrected chi connectivity index (χ0v) is 18.4. The van der Waals surface area contributed by atoms with Crippen molar-refractivity contribution in [3.63, 3.8) is 0 Å². The van der Waals surface area contributed by atoms with Gasteiger partial charge in [-0.1, -0.05) is 0 Å². The third kappa shape index (κ3) is 3.59. The van der Waals surface area contributed by atoms with Crippen LogP contribution in [0.5, 0.6) is 0 Å². The molecule has 2 aliphatic heterocycles. The summed E-state index contributed by atoms with van der Waals surface area (Å²) in [6.45, 7) is 10.7. The number of hydrogen-bond donors (Lipinski definition) is 2. The number of rotatable bonds is 2. The molecule has 162 valence electrons. The first-order valence-electron chi connectivity index (χ1n) is 10.8. The summed E-state index contributed by atoms with van der Waals surface area (Å²) in [5.41, 5.74) is 4.81. The minimum atomic E-state index is -0.214. The summed E-state index contributed by atoms with van der Waals surface area (Å²) >= 11 is 0. The maximum absolute atomic E-state index is 13.1. The molecule has 0 spiro atoms. The number of carbonyl (C=O) groups is 1. The topological polar surface area (TPSA) is 90.7 Å². The first-order chi connectivity index (χ1) is 14.9. The molecule has 2 aliphatic rings. The molecule has 0 aliphatic carbocycles. The molecule has 3 aromatic rings. The molecule has 5 rings (SSSR count). The van der Waals surface area contributed by atoms with Crippen molar-refractivity contribution in [1.82, 2.24) is 24.7 Å². The lowest BCUT2D eigenvalue weighted by molar-refractivity contribution is 0.257. The van der Waals surface area contributed by atoms with Gasteiger partial charge in [-0.05, 0) is 40.2 Å². The minimum Gasteiger partial charge on any atom is -0.368 e. The van der Waals surface area contributed by atoms with E-state index >= 15 is 0 Å².